The van der Waals surface area contributed by atoms with Crippen LogP contribution in [0.25, 0.3) is 38.0 Å². The summed E-state index contributed by atoms with van der Waals surface area (Å²) in [6, 6.07) is 15.3. The van der Waals surface area contributed by atoms with Gasteiger partial charge in [-0.3, -0.25) is 0 Å². The summed E-state index contributed by atoms with van der Waals surface area (Å²) < 4.78 is 68.5. The van der Waals surface area contributed by atoms with Gasteiger partial charge in [0, 0.05) is 11.1 Å². The van der Waals surface area contributed by atoms with Crippen LogP contribution in [0.15, 0.2) is 72.8 Å². The Morgan fingerprint density at radius 1 is 0.895 bits per heavy atom. The Kier molecular flexibility index (Phi) is 6.31. The number of thiazole rings is 1. The number of rotatable bonds is 5. The van der Waals surface area contributed by atoms with Crippen LogP contribution in [0.3, 0.4) is 0 Å². The second-order valence-electron chi connectivity index (χ2n) is 8.30. The number of aromatic nitrogens is 3. The van der Waals surface area contributed by atoms with Gasteiger partial charge in [0.25, 0.3) is 0 Å². The molecule has 0 atom stereocenters. The monoisotopic (exact) mass is 541 g/mol. The molecule has 2 heterocycles. The van der Waals surface area contributed by atoms with Crippen LogP contribution in [0.2, 0.25) is 0 Å². The van der Waals surface area contributed by atoms with E-state index in [1.54, 1.807) is 19.1 Å². The molecule has 3 aromatic carbocycles. The fourth-order valence-electron chi connectivity index (χ4n) is 4.09. The summed E-state index contributed by atoms with van der Waals surface area (Å²) in [6.45, 7) is 1.57. The van der Waals surface area contributed by atoms with Crippen molar-refractivity contribution >= 4 is 17.3 Å². The average molecular weight is 542 g/mol. The van der Waals surface area contributed by atoms with Crippen LogP contribution in [0, 0.1) is 18.6 Å². The molecule has 0 amide bonds. The number of aryl methyl sites for hydroxylation is 1. The molecule has 1 N–H and O–H groups in total. The molecule has 5 rings (SSSR count). The van der Waals surface area contributed by atoms with Crippen molar-refractivity contribution in [3.05, 3.63) is 101 Å². The molecule has 5 aromatic rings. The highest BCUT2D eigenvalue weighted by Gasteiger charge is 2.31. The molecule has 38 heavy (non-hydrogen) atoms. The lowest BCUT2D eigenvalue weighted by Crippen LogP contribution is -2.09. The molecule has 0 aliphatic heterocycles. The van der Waals surface area contributed by atoms with Crippen LogP contribution in [0.1, 0.15) is 21.7 Å². The average Bonchev–Trinajstić information content (AvgIpc) is 3.45. The number of alkyl halides is 3. The zero-order valence-corrected chi connectivity index (χ0v) is 20.2. The fraction of sp³-hybridized carbons (Fsp3) is 0.0741. The molecule has 0 radical (unpaired) electrons. The third-order valence-electron chi connectivity index (χ3n) is 5.75. The van der Waals surface area contributed by atoms with Gasteiger partial charge >= 0.3 is 12.1 Å². The van der Waals surface area contributed by atoms with E-state index in [4.69, 9.17) is 0 Å². The number of carboxylic acid groups (broad SMARTS) is 1. The van der Waals surface area contributed by atoms with Gasteiger partial charge in [-0.05, 0) is 54.4 Å². The van der Waals surface area contributed by atoms with Gasteiger partial charge in [-0.15, -0.1) is 0 Å². The molecular formula is C27H16F5N3O2S. The topological polar surface area (TPSA) is 68.0 Å². The second kappa shape index (κ2) is 9.49. The number of hydrogen-bond acceptors (Lipinski definition) is 4. The summed E-state index contributed by atoms with van der Waals surface area (Å²) >= 11 is 0.994. The zero-order chi connectivity index (χ0) is 27.2. The van der Waals surface area contributed by atoms with E-state index in [0.29, 0.717) is 27.3 Å². The van der Waals surface area contributed by atoms with E-state index in [9.17, 15) is 31.9 Å². The highest BCUT2D eigenvalue weighted by atomic mass is 32.1. The van der Waals surface area contributed by atoms with E-state index >= 15 is 0 Å². The van der Waals surface area contributed by atoms with Gasteiger partial charge in [-0.25, -0.2) is 18.6 Å². The molecule has 5 nitrogen and oxygen atoms in total. The number of nitrogens with zero attached hydrogens (tertiary/aromatic N) is 3. The Bertz CT molecular complexity index is 1670. The highest BCUT2D eigenvalue weighted by Crippen LogP contribution is 2.41. The van der Waals surface area contributed by atoms with Crippen molar-refractivity contribution in [1.29, 1.82) is 0 Å². The molecule has 0 saturated heterocycles. The van der Waals surface area contributed by atoms with E-state index < -0.39 is 29.3 Å². The van der Waals surface area contributed by atoms with Gasteiger partial charge in [-0.1, -0.05) is 47.7 Å². The lowest BCUT2D eigenvalue weighted by molar-refractivity contribution is -0.137. The normalized spacial score (nSPS) is 11.6. The maximum Gasteiger partial charge on any atom is 0.416 e. The summed E-state index contributed by atoms with van der Waals surface area (Å²) in [7, 11) is 0. The van der Waals surface area contributed by atoms with Crippen molar-refractivity contribution in [3.8, 4) is 38.0 Å². The van der Waals surface area contributed by atoms with Gasteiger partial charge in [-0.2, -0.15) is 23.0 Å². The molecule has 0 unspecified atom stereocenters. The van der Waals surface area contributed by atoms with E-state index in [1.807, 2.05) is 0 Å². The molecule has 0 bridgehead atoms. The predicted molar refractivity (Wildman–Crippen MR) is 132 cm³/mol. The first kappa shape index (κ1) is 25.3. The number of hydrogen-bond donors (Lipinski definition) is 1. The first-order chi connectivity index (χ1) is 18.0. The fourth-order valence-corrected chi connectivity index (χ4v) is 5.13. The van der Waals surface area contributed by atoms with Crippen LogP contribution in [-0.4, -0.2) is 25.8 Å². The molecular weight excluding hydrogens is 525 g/mol. The number of carboxylic acids is 1. The minimum atomic E-state index is -4.53. The maximum atomic E-state index is 14.1. The number of benzene rings is 3. The summed E-state index contributed by atoms with van der Waals surface area (Å²) in [5.74, 6) is -2.44. The van der Waals surface area contributed by atoms with Crippen LogP contribution < -0.4 is 0 Å². The summed E-state index contributed by atoms with van der Waals surface area (Å²) in [5, 5.41) is 14.5. The Balaban J connectivity index is 1.73. The SMILES string of the molecule is Cc1nn(-c2nc(-c3ccc(C(F)(F)F)cc3)c(-c3cccc(F)c3)s2)c(C(=O)O)c1-c1cccc(F)c1. The Labute approximate surface area is 216 Å². The van der Waals surface area contributed by atoms with E-state index in [1.165, 1.54) is 48.5 Å². The molecule has 11 heteroatoms. The van der Waals surface area contributed by atoms with Crippen molar-refractivity contribution in [2.75, 3.05) is 0 Å². The third kappa shape index (κ3) is 4.68. The van der Waals surface area contributed by atoms with Crippen molar-refractivity contribution in [2.45, 2.75) is 13.1 Å². The molecule has 0 aliphatic carbocycles. The lowest BCUT2D eigenvalue weighted by atomic mass is 10.0. The van der Waals surface area contributed by atoms with Crippen LogP contribution in [-0.2, 0) is 6.18 Å². The molecule has 0 spiro atoms. The van der Waals surface area contributed by atoms with Gasteiger partial charge < -0.3 is 5.11 Å². The van der Waals surface area contributed by atoms with Crippen LogP contribution in [0.4, 0.5) is 22.0 Å². The van der Waals surface area contributed by atoms with Gasteiger partial charge in [0.05, 0.1) is 21.8 Å². The van der Waals surface area contributed by atoms with Gasteiger partial charge in [0.15, 0.2) is 5.69 Å². The standard InChI is InChI=1S/C27H16F5N3O2S/c1-14-21(16-4-2-6-19(28)12-16)23(25(36)37)35(34-14)26-33-22(15-8-10-18(11-9-15)27(30,31)32)24(38-26)17-5-3-7-20(29)13-17/h2-13H,1H3,(H,36,37). The summed E-state index contributed by atoms with van der Waals surface area (Å²) in [5.41, 5.74) is 0.603. The van der Waals surface area contributed by atoms with Gasteiger partial charge in [0.1, 0.15) is 11.6 Å². The summed E-state index contributed by atoms with van der Waals surface area (Å²) in [4.78, 5) is 17.3. The summed E-state index contributed by atoms with van der Waals surface area (Å²) in [6.07, 6.45) is -4.53. The number of carbonyl (C=O) groups is 1. The molecule has 0 aliphatic rings. The minimum Gasteiger partial charge on any atom is -0.476 e. The Hall–Kier alpha value is -4.38. The smallest absolute Gasteiger partial charge is 0.416 e. The molecule has 0 saturated carbocycles. The Morgan fingerprint density at radius 3 is 2.08 bits per heavy atom. The second-order valence-corrected chi connectivity index (χ2v) is 9.27. The molecule has 192 valence electrons. The van der Waals surface area contributed by atoms with E-state index in [0.717, 1.165) is 28.2 Å². The van der Waals surface area contributed by atoms with E-state index in [-0.39, 0.29) is 22.1 Å². The van der Waals surface area contributed by atoms with Crippen molar-refractivity contribution < 1.29 is 31.9 Å². The third-order valence-corrected chi connectivity index (χ3v) is 6.83. The van der Waals surface area contributed by atoms with Crippen LogP contribution >= 0.6 is 11.3 Å². The van der Waals surface area contributed by atoms with Crippen molar-refractivity contribution in [3.63, 3.8) is 0 Å². The Morgan fingerprint density at radius 2 is 1.50 bits per heavy atom. The minimum absolute atomic E-state index is 0.0855. The maximum absolute atomic E-state index is 14.1. The highest BCUT2D eigenvalue weighted by molar-refractivity contribution is 7.18. The predicted octanol–water partition coefficient (Wildman–Crippen LogP) is 7.63. The molecule has 0 fully saturated rings. The largest absolute Gasteiger partial charge is 0.476 e. The number of aromatic carboxylic acids is 1. The molecule has 2 aromatic heterocycles. The quantitative estimate of drug-likeness (QED) is 0.232. The van der Waals surface area contributed by atoms with Crippen LogP contribution in [0.5, 0.6) is 0 Å². The van der Waals surface area contributed by atoms with Crippen molar-refractivity contribution in [2.24, 2.45) is 0 Å². The van der Waals surface area contributed by atoms with Crippen molar-refractivity contribution in [1.82, 2.24) is 14.8 Å². The first-order valence-electron chi connectivity index (χ1n) is 11.1. The zero-order valence-electron chi connectivity index (χ0n) is 19.4. The van der Waals surface area contributed by atoms with Gasteiger partial charge in [0.2, 0.25) is 5.13 Å². The first-order valence-corrected chi connectivity index (χ1v) is 11.9. The lowest BCUT2D eigenvalue weighted by Gasteiger charge is -2.08. The number of halogens is 5. The van der Waals surface area contributed by atoms with E-state index in [2.05, 4.69) is 10.1 Å².